The third kappa shape index (κ3) is 13.8. The highest BCUT2D eigenvalue weighted by atomic mass is 79.9. The van der Waals surface area contributed by atoms with E-state index < -0.39 is 0 Å². The Kier molecular flexibility index (Phi) is 13.9. The standard InChI is InChI=1S/C13H26BrNO2/c14-10-8-6-4-2-1-3-5-7-9-13(17)15-11-12-16/h16H,1-12H2,(H,15,17). The number of carbonyl (C=O) groups is 1. The third-order valence-corrected chi connectivity index (χ3v) is 3.28. The Morgan fingerprint density at radius 2 is 1.47 bits per heavy atom. The molecule has 0 heterocycles. The number of hydrogen-bond acceptors (Lipinski definition) is 2. The normalized spacial score (nSPS) is 10.5. The molecule has 102 valence electrons. The molecule has 0 aliphatic heterocycles. The van der Waals surface area contributed by atoms with Crippen LogP contribution >= 0.6 is 15.9 Å². The quantitative estimate of drug-likeness (QED) is 0.430. The van der Waals surface area contributed by atoms with E-state index in [1.807, 2.05) is 0 Å². The van der Waals surface area contributed by atoms with Crippen molar-refractivity contribution in [2.75, 3.05) is 18.5 Å². The van der Waals surface area contributed by atoms with Gasteiger partial charge in [-0.15, -0.1) is 0 Å². The second-order valence-electron chi connectivity index (χ2n) is 4.34. The van der Waals surface area contributed by atoms with Crippen molar-refractivity contribution in [2.24, 2.45) is 0 Å². The molecule has 2 N–H and O–H groups in total. The van der Waals surface area contributed by atoms with Gasteiger partial charge in [0.1, 0.15) is 0 Å². The van der Waals surface area contributed by atoms with Gasteiger partial charge in [-0.3, -0.25) is 4.79 Å². The molecule has 4 heteroatoms. The summed E-state index contributed by atoms with van der Waals surface area (Å²) in [5.41, 5.74) is 0. The molecule has 0 aromatic heterocycles. The monoisotopic (exact) mass is 307 g/mol. The van der Waals surface area contributed by atoms with E-state index in [0.29, 0.717) is 13.0 Å². The summed E-state index contributed by atoms with van der Waals surface area (Å²) in [5, 5.41) is 12.3. The molecular weight excluding hydrogens is 282 g/mol. The first kappa shape index (κ1) is 16.9. The van der Waals surface area contributed by atoms with Crippen LogP contribution in [0, 0.1) is 0 Å². The molecule has 0 saturated heterocycles. The first-order chi connectivity index (χ1) is 8.31. The van der Waals surface area contributed by atoms with E-state index >= 15 is 0 Å². The lowest BCUT2D eigenvalue weighted by molar-refractivity contribution is -0.121. The molecule has 0 saturated carbocycles. The average Bonchev–Trinajstić information content (AvgIpc) is 2.34. The zero-order chi connectivity index (χ0) is 12.8. The average molecular weight is 308 g/mol. The molecule has 0 spiro atoms. The van der Waals surface area contributed by atoms with E-state index in [4.69, 9.17) is 5.11 Å². The van der Waals surface area contributed by atoms with E-state index in [1.165, 1.54) is 38.5 Å². The smallest absolute Gasteiger partial charge is 0.220 e. The second kappa shape index (κ2) is 14.0. The predicted octanol–water partition coefficient (Wildman–Crippen LogP) is 3.00. The van der Waals surface area contributed by atoms with Crippen molar-refractivity contribution in [3.8, 4) is 0 Å². The fourth-order valence-electron chi connectivity index (χ4n) is 1.72. The molecule has 0 atom stereocenters. The van der Waals surface area contributed by atoms with Gasteiger partial charge in [0, 0.05) is 18.3 Å². The molecule has 0 aliphatic carbocycles. The fraction of sp³-hybridized carbons (Fsp3) is 0.923. The van der Waals surface area contributed by atoms with E-state index in [0.717, 1.165) is 18.2 Å². The first-order valence-corrected chi connectivity index (χ1v) is 7.87. The molecule has 1 amide bonds. The SMILES string of the molecule is O=C(CCCCCCCCCCBr)NCCO. The summed E-state index contributed by atoms with van der Waals surface area (Å²) in [6.45, 7) is 0.409. The van der Waals surface area contributed by atoms with Gasteiger partial charge in [0.05, 0.1) is 6.61 Å². The summed E-state index contributed by atoms with van der Waals surface area (Å²) in [6, 6.07) is 0. The number of aliphatic hydroxyl groups is 1. The Balaban J connectivity index is 3.05. The van der Waals surface area contributed by atoms with Crippen LogP contribution in [0.25, 0.3) is 0 Å². The Hall–Kier alpha value is -0.0900. The molecular formula is C13H26BrNO2. The van der Waals surface area contributed by atoms with E-state index in [9.17, 15) is 4.79 Å². The van der Waals surface area contributed by atoms with E-state index in [1.54, 1.807) is 0 Å². The van der Waals surface area contributed by atoms with Crippen molar-refractivity contribution in [2.45, 2.75) is 57.8 Å². The number of nitrogens with one attached hydrogen (secondary N) is 1. The van der Waals surface area contributed by atoms with Gasteiger partial charge in [0.15, 0.2) is 0 Å². The molecule has 0 radical (unpaired) electrons. The molecule has 0 aliphatic rings. The zero-order valence-electron chi connectivity index (χ0n) is 10.7. The minimum absolute atomic E-state index is 0.0279. The molecule has 0 unspecified atom stereocenters. The number of halogens is 1. The van der Waals surface area contributed by atoms with Crippen molar-refractivity contribution >= 4 is 21.8 Å². The highest BCUT2D eigenvalue weighted by molar-refractivity contribution is 9.09. The topological polar surface area (TPSA) is 49.3 Å². The maximum atomic E-state index is 11.2. The van der Waals surface area contributed by atoms with Gasteiger partial charge in [0.2, 0.25) is 5.91 Å². The van der Waals surface area contributed by atoms with Crippen molar-refractivity contribution < 1.29 is 9.90 Å². The summed E-state index contributed by atoms with van der Waals surface area (Å²) in [5.74, 6) is 0.0661. The summed E-state index contributed by atoms with van der Waals surface area (Å²) in [7, 11) is 0. The van der Waals surface area contributed by atoms with Gasteiger partial charge in [-0.2, -0.15) is 0 Å². The van der Waals surface area contributed by atoms with Gasteiger partial charge >= 0.3 is 0 Å². The Morgan fingerprint density at radius 1 is 0.941 bits per heavy atom. The van der Waals surface area contributed by atoms with Crippen molar-refractivity contribution in [3.63, 3.8) is 0 Å². The van der Waals surface area contributed by atoms with Crippen LogP contribution in [-0.2, 0) is 4.79 Å². The Labute approximate surface area is 113 Å². The van der Waals surface area contributed by atoms with Crippen LogP contribution in [0.2, 0.25) is 0 Å². The van der Waals surface area contributed by atoms with Crippen molar-refractivity contribution in [1.82, 2.24) is 5.32 Å². The number of rotatable bonds is 12. The molecule has 0 fully saturated rings. The molecule has 17 heavy (non-hydrogen) atoms. The summed E-state index contributed by atoms with van der Waals surface area (Å²) >= 11 is 3.43. The summed E-state index contributed by atoms with van der Waals surface area (Å²) < 4.78 is 0. The van der Waals surface area contributed by atoms with E-state index in [-0.39, 0.29) is 12.5 Å². The number of amides is 1. The van der Waals surface area contributed by atoms with Gasteiger partial charge in [-0.25, -0.2) is 0 Å². The van der Waals surface area contributed by atoms with Crippen LogP contribution < -0.4 is 5.32 Å². The van der Waals surface area contributed by atoms with Crippen LogP contribution in [0.15, 0.2) is 0 Å². The maximum absolute atomic E-state index is 11.2. The van der Waals surface area contributed by atoms with Crippen LogP contribution in [-0.4, -0.2) is 29.5 Å². The Bertz CT molecular complexity index is 177. The van der Waals surface area contributed by atoms with Crippen LogP contribution in [0.1, 0.15) is 57.8 Å². The molecule has 0 aromatic carbocycles. The van der Waals surface area contributed by atoms with Crippen LogP contribution in [0.5, 0.6) is 0 Å². The highest BCUT2D eigenvalue weighted by Crippen LogP contribution is 2.10. The predicted molar refractivity (Wildman–Crippen MR) is 75.4 cm³/mol. The van der Waals surface area contributed by atoms with Gasteiger partial charge < -0.3 is 10.4 Å². The number of alkyl halides is 1. The minimum atomic E-state index is 0.0279. The van der Waals surface area contributed by atoms with Crippen LogP contribution in [0.4, 0.5) is 0 Å². The van der Waals surface area contributed by atoms with Gasteiger partial charge in [0.25, 0.3) is 0 Å². The lowest BCUT2D eigenvalue weighted by atomic mass is 10.1. The van der Waals surface area contributed by atoms with E-state index in [2.05, 4.69) is 21.2 Å². The largest absolute Gasteiger partial charge is 0.395 e. The second-order valence-corrected chi connectivity index (χ2v) is 5.13. The lowest BCUT2D eigenvalue weighted by Gasteiger charge is -2.03. The Morgan fingerprint density at radius 3 is 2.00 bits per heavy atom. The molecule has 0 rings (SSSR count). The fourth-order valence-corrected chi connectivity index (χ4v) is 2.12. The zero-order valence-corrected chi connectivity index (χ0v) is 12.3. The third-order valence-electron chi connectivity index (χ3n) is 2.72. The molecule has 0 bridgehead atoms. The number of aliphatic hydroxyl groups excluding tert-OH is 1. The first-order valence-electron chi connectivity index (χ1n) is 6.74. The van der Waals surface area contributed by atoms with Gasteiger partial charge in [-0.1, -0.05) is 54.5 Å². The summed E-state index contributed by atoms with van der Waals surface area (Å²) in [6.07, 6.45) is 10.5. The lowest BCUT2D eigenvalue weighted by Crippen LogP contribution is -2.25. The molecule has 0 aromatic rings. The minimum Gasteiger partial charge on any atom is -0.395 e. The van der Waals surface area contributed by atoms with Crippen molar-refractivity contribution in [3.05, 3.63) is 0 Å². The number of hydrogen-bond donors (Lipinski definition) is 2. The number of carbonyl (C=O) groups excluding carboxylic acids is 1. The number of unbranched alkanes of at least 4 members (excludes halogenated alkanes) is 7. The highest BCUT2D eigenvalue weighted by Gasteiger charge is 1.99. The van der Waals surface area contributed by atoms with Gasteiger partial charge in [-0.05, 0) is 12.8 Å². The molecule has 3 nitrogen and oxygen atoms in total. The summed E-state index contributed by atoms with van der Waals surface area (Å²) in [4.78, 5) is 11.2. The van der Waals surface area contributed by atoms with Crippen molar-refractivity contribution in [1.29, 1.82) is 0 Å². The van der Waals surface area contributed by atoms with Crippen LogP contribution in [0.3, 0.4) is 0 Å². The maximum Gasteiger partial charge on any atom is 0.220 e.